The molecule has 2 N–H and O–H groups in total. The fraction of sp³-hybridized carbons (Fsp3) is 0.345. The summed E-state index contributed by atoms with van der Waals surface area (Å²) in [4.78, 5) is 13.4. The summed E-state index contributed by atoms with van der Waals surface area (Å²) >= 11 is 0. The number of likely N-dealkylation sites (N-methyl/N-ethyl adjacent to an activating group) is 1. The van der Waals surface area contributed by atoms with Gasteiger partial charge in [-0.05, 0) is 38.6 Å². The first kappa shape index (κ1) is 20.8. The van der Waals surface area contributed by atoms with Gasteiger partial charge in [-0.2, -0.15) is 0 Å². The molecule has 3 aliphatic rings. The van der Waals surface area contributed by atoms with E-state index in [-0.39, 0.29) is 18.1 Å². The monoisotopic (exact) mass is 480 g/mol. The molecule has 2 unspecified atom stereocenters. The van der Waals surface area contributed by atoms with Crippen LogP contribution in [0.4, 0.5) is 0 Å². The Labute approximate surface area is 207 Å². The van der Waals surface area contributed by atoms with Crippen LogP contribution in [0.25, 0.3) is 43.6 Å². The molecule has 8 rings (SSSR count). The van der Waals surface area contributed by atoms with Gasteiger partial charge < -0.3 is 29.2 Å². The third-order valence-corrected chi connectivity index (χ3v) is 8.94. The van der Waals surface area contributed by atoms with Crippen molar-refractivity contribution in [3.63, 3.8) is 0 Å². The molecule has 2 bridgehead atoms. The van der Waals surface area contributed by atoms with Crippen molar-refractivity contribution in [2.75, 3.05) is 14.2 Å². The highest BCUT2D eigenvalue weighted by molar-refractivity contribution is 6.31. The fourth-order valence-electron chi connectivity index (χ4n) is 7.78. The van der Waals surface area contributed by atoms with Crippen molar-refractivity contribution in [3.8, 4) is 0 Å². The molecule has 36 heavy (non-hydrogen) atoms. The lowest BCUT2D eigenvalue weighted by molar-refractivity contribution is -0.299. The van der Waals surface area contributed by atoms with Gasteiger partial charge in [-0.25, -0.2) is 0 Å². The van der Waals surface area contributed by atoms with Crippen LogP contribution in [0.3, 0.4) is 0 Å². The van der Waals surface area contributed by atoms with E-state index < -0.39 is 11.4 Å². The number of hydrogen-bond donors (Lipinski definition) is 2. The molecule has 4 atom stereocenters. The first-order chi connectivity index (χ1) is 17.4. The normalized spacial score (nSPS) is 28.9. The average molecular weight is 481 g/mol. The SMILES string of the molecule is CN[C@H]1CC2(C)OC(C)([C@H]1OC)n1c3ccccc3c3c4c(c5c6ccccc6n2c5c31)C(=O)NC4. The summed E-state index contributed by atoms with van der Waals surface area (Å²) in [6, 6.07) is 17.0. The van der Waals surface area contributed by atoms with Crippen molar-refractivity contribution in [2.45, 2.75) is 50.4 Å². The number of methoxy groups -OCH3 is 1. The number of hydrogen-bond acceptors (Lipinski definition) is 4. The number of benzene rings is 3. The van der Waals surface area contributed by atoms with Crippen molar-refractivity contribution < 1.29 is 14.3 Å². The summed E-state index contributed by atoms with van der Waals surface area (Å²) in [7, 11) is 3.77. The van der Waals surface area contributed by atoms with Crippen LogP contribution in [-0.4, -0.2) is 41.3 Å². The molecule has 1 fully saturated rings. The summed E-state index contributed by atoms with van der Waals surface area (Å²) in [5, 5.41) is 11.0. The number of nitrogens with one attached hydrogen (secondary N) is 2. The standard InChI is InChI=1S/C29H28N4O3/c1-28-13-18(30-3)26(35-4)29(2,36-28)33-20-12-8-5-9-15(20)21-17-14-31-27(34)23(17)22-16-10-6-7-11-19(16)32(28)25(22)24(21)33/h5-12,18,26,30H,13-14H2,1-4H3,(H,31,34)/t18-,26-,28?,29?/m0/s1. The zero-order chi connectivity index (χ0) is 24.6. The van der Waals surface area contributed by atoms with E-state index in [0.29, 0.717) is 6.54 Å². The Hall–Kier alpha value is -3.39. The van der Waals surface area contributed by atoms with Crippen LogP contribution in [0.2, 0.25) is 0 Å². The number of aromatic nitrogens is 2. The van der Waals surface area contributed by atoms with E-state index in [1.54, 1.807) is 7.11 Å². The van der Waals surface area contributed by atoms with Crippen molar-refractivity contribution in [1.82, 2.24) is 19.8 Å². The Kier molecular flexibility index (Phi) is 3.74. The topological polar surface area (TPSA) is 69.5 Å². The molecule has 2 aromatic heterocycles. The number of rotatable bonds is 2. The molecule has 5 aromatic rings. The minimum absolute atomic E-state index is 0.000921. The number of carbonyl (C=O) groups is 1. The second kappa shape index (κ2) is 6.48. The zero-order valence-corrected chi connectivity index (χ0v) is 20.8. The number of fused-ring (bicyclic) bond motifs is 13. The van der Waals surface area contributed by atoms with Crippen LogP contribution in [0.1, 0.15) is 36.2 Å². The van der Waals surface area contributed by atoms with E-state index in [0.717, 1.165) is 61.2 Å². The minimum Gasteiger partial charge on any atom is -0.375 e. The number of ether oxygens (including phenoxy) is 2. The van der Waals surface area contributed by atoms with E-state index in [1.165, 1.54) is 0 Å². The molecule has 7 nitrogen and oxygen atoms in total. The first-order valence-electron chi connectivity index (χ1n) is 12.6. The number of para-hydroxylation sites is 2. The lowest BCUT2D eigenvalue weighted by Crippen LogP contribution is -2.64. The quantitative estimate of drug-likeness (QED) is 0.390. The van der Waals surface area contributed by atoms with Gasteiger partial charge in [0.1, 0.15) is 11.8 Å². The lowest BCUT2D eigenvalue weighted by atomic mass is 9.88. The molecule has 0 spiro atoms. The van der Waals surface area contributed by atoms with E-state index >= 15 is 0 Å². The second-order valence-electron chi connectivity index (χ2n) is 10.8. The third kappa shape index (κ3) is 2.12. The maximum absolute atomic E-state index is 13.4. The molecule has 1 saturated heterocycles. The number of carbonyl (C=O) groups excluding carboxylic acids is 1. The summed E-state index contributed by atoms with van der Waals surface area (Å²) < 4.78 is 18.2. The van der Waals surface area contributed by atoms with Crippen LogP contribution in [0.15, 0.2) is 48.5 Å². The number of amides is 1. The van der Waals surface area contributed by atoms with Gasteiger partial charge in [0.05, 0.1) is 27.6 Å². The van der Waals surface area contributed by atoms with Crippen LogP contribution in [0, 0.1) is 0 Å². The van der Waals surface area contributed by atoms with Crippen LogP contribution in [-0.2, 0) is 27.5 Å². The molecule has 5 heterocycles. The van der Waals surface area contributed by atoms with Gasteiger partial charge >= 0.3 is 0 Å². The summed E-state index contributed by atoms with van der Waals surface area (Å²) in [5.74, 6) is -0.000921. The molecule has 0 radical (unpaired) electrons. The van der Waals surface area contributed by atoms with Crippen molar-refractivity contribution in [3.05, 3.63) is 59.7 Å². The molecular formula is C29H28N4O3. The summed E-state index contributed by atoms with van der Waals surface area (Å²) in [5.41, 5.74) is 4.75. The van der Waals surface area contributed by atoms with Gasteiger partial charge in [-0.3, -0.25) is 4.79 Å². The highest BCUT2D eigenvalue weighted by atomic mass is 16.6. The minimum atomic E-state index is -0.798. The Bertz CT molecular complexity index is 1800. The Morgan fingerprint density at radius 2 is 1.64 bits per heavy atom. The smallest absolute Gasteiger partial charge is 0.252 e. The first-order valence-corrected chi connectivity index (χ1v) is 12.6. The molecule has 0 aliphatic carbocycles. The Morgan fingerprint density at radius 1 is 1.00 bits per heavy atom. The third-order valence-electron chi connectivity index (χ3n) is 8.94. The lowest BCUT2D eigenvalue weighted by Gasteiger charge is -2.52. The molecule has 1 amide bonds. The van der Waals surface area contributed by atoms with E-state index in [1.807, 2.05) is 7.05 Å². The molecule has 7 heteroatoms. The van der Waals surface area contributed by atoms with Gasteiger partial charge in [0.25, 0.3) is 5.91 Å². The molecule has 0 saturated carbocycles. The summed E-state index contributed by atoms with van der Waals surface area (Å²) in [6.07, 6.45) is 0.493. The van der Waals surface area contributed by atoms with Crippen LogP contribution >= 0.6 is 0 Å². The van der Waals surface area contributed by atoms with E-state index in [2.05, 4.69) is 82.1 Å². The van der Waals surface area contributed by atoms with Crippen molar-refractivity contribution >= 4 is 49.5 Å². The van der Waals surface area contributed by atoms with Gasteiger partial charge in [-0.15, -0.1) is 0 Å². The Balaban J connectivity index is 1.74. The average Bonchev–Trinajstić information content (AvgIpc) is 3.51. The molecule has 3 aromatic carbocycles. The second-order valence-corrected chi connectivity index (χ2v) is 10.8. The predicted molar refractivity (Wildman–Crippen MR) is 140 cm³/mol. The van der Waals surface area contributed by atoms with Gasteiger partial charge in [0, 0.05) is 47.7 Å². The molecule has 3 aliphatic heterocycles. The molecular weight excluding hydrogens is 452 g/mol. The van der Waals surface area contributed by atoms with E-state index in [4.69, 9.17) is 9.47 Å². The van der Waals surface area contributed by atoms with Crippen LogP contribution in [0.5, 0.6) is 0 Å². The fourth-order valence-corrected chi connectivity index (χ4v) is 7.78. The molecule has 182 valence electrons. The maximum Gasteiger partial charge on any atom is 0.252 e. The Morgan fingerprint density at radius 3 is 2.33 bits per heavy atom. The predicted octanol–water partition coefficient (Wildman–Crippen LogP) is 4.53. The van der Waals surface area contributed by atoms with Gasteiger partial charge in [0.15, 0.2) is 5.72 Å². The van der Waals surface area contributed by atoms with E-state index in [9.17, 15) is 4.79 Å². The highest BCUT2D eigenvalue weighted by Crippen LogP contribution is 2.55. The van der Waals surface area contributed by atoms with Crippen molar-refractivity contribution in [2.24, 2.45) is 0 Å². The van der Waals surface area contributed by atoms with Crippen molar-refractivity contribution in [1.29, 1.82) is 0 Å². The zero-order valence-electron chi connectivity index (χ0n) is 20.8. The van der Waals surface area contributed by atoms with Crippen LogP contribution < -0.4 is 10.6 Å². The number of nitrogens with zero attached hydrogens (tertiary/aromatic N) is 2. The maximum atomic E-state index is 13.4. The van der Waals surface area contributed by atoms with Gasteiger partial charge in [0.2, 0.25) is 0 Å². The highest BCUT2D eigenvalue weighted by Gasteiger charge is 2.57. The summed E-state index contributed by atoms with van der Waals surface area (Å²) in [6.45, 7) is 4.86. The largest absolute Gasteiger partial charge is 0.375 e. The van der Waals surface area contributed by atoms with Gasteiger partial charge in [-0.1, -0.05) is 36.4 Å².